The van der Waals surface area contributed by atoms with Crippen LogP contribution < -0.4 is 4.57 Å². The van der Waals surface area contributed by atoms with Crippen LogP contribution in [0.15, 0.2) is 18.7 Å². The Hall–Kier alpha value is -4.75. The number of nitrogens with zero attached hydrogens (tertiary/aromatic N) is 2. The summed E-state index contributed by atoms with van der Waals surface area (Å²) in [7, 11) is 1.95. The first-order valence-electron chi connectivity index (χ1n) is 7.23. The van der Waals surface area contributed by atoms with E-state index in [1.807, 2.05) is 41.8 Å². The molecule has 1 heterocycles. The van der Waals surface area contributed by atoms with Crippen LogP contribution >= 0.6 is 0 Å². The van der Waals surface area contributed by atoms with Gasteiger partial charge < -0.3 is 0 Å². The molecule has 0 aliphatic heterocycles. The Bertz CT molecular complexity index is 1200. The molecular weight excluding hydrogens is 316 g/mol. The van der Waals surface area contributed by atoms with E-state index in [2.05, 4.69) is 101 Å². The molecule has 2 heteroatoms. The number of rotatable bonds is 1. The lowest BCUT2D eigenvalue weighted by molar-refractivity contribution is -0.671. The Morgan fingerprint density at radius 1 is 0.731 bits per heavy atom. The molecule has 116 valence electrons. The molecule has 0 aliphatic carbocycles. The fourth-order valence-electron chi connectivity index (χ4n) is 1.36. The SMILES string of the molecule is C#CC#CC#CC#CC#CC#CC#CC#CC#CC(C)n1cc[n+](C)c1. The molecule has 1 atom stereocenters. The standard InChI is InChI=1S/C24H11N2/c1-4-5-6-7-8-9-10-11-12-13-14-15-16-17-18-19-20-24(2)26-22-21-25(3)23-26/h1,21-24H,2-3H3/q+1. The van der Waals surface area contributed by atoms with Crippen LogP contribution in [-0.2, 0) is 7.05 Å². The molecule has 0 fully saturated rings. The summed E-state index contributed by atoms with van der Waals surface area (Å²) in [6.45, 7) is 1.99. The molecule has 1 aromatic heterocycles. The predicted molar refractivity (Wildman–Crippen MR) is 101 cm³/mol. The molecule has 0 saturated carbocycles. The zero-order valence-electron chi connectivity index (χ0n) is 14.3. The first-order chi connectivity index (χ1) is 12.7. The highest BCUT2D eigenvalue weighted by atomic mass is 15.1. The second-order valence-corrected chi connectivity index (χ2v) is 4.37. The van der Waals surface area contributed by atoms with Crippen molar-refractivity contribution in [2.24, 2.45) is 7.05 Å². The quantitative estimate of drug-likeness (QED) is 0.526. The first-order valence-corrected chi connectivity index (χ1v) is 7.23. The van der Waals surface area contributed by atoms with Gasteiger partial charge in [-0.2, -0.15) is 0 Å². The van der Waals surface area contributed by atoms with Gasteiger partial charge in [0.1, 0.15) is 12.4 Å². The van der Waals surface area contributed by atoms with Gasteiger partial charge in [-0.1, -0.05) is 0 Å². The van der Waals surface area contributed by atoms with Gasteiger partial charge in [-0.3, -0.25) is 0 Å². The highest BCUT2D eigenvalue weighted by molar-refractivity contribution is 5.46. The van der Waals surface area contributed by atoms with Crippen LogP contribution in [-0.4, -0.2) is 4.57 Å². The number of terminal acetylenes is 1. The molecule has 26 heavy (non-hydrogen) atoms. The van der Waals surface area contributed by atoms with Gasteiger partial charge in [-0.25, -0.2) is 9.13 Å². The number of aryl methyl sites for hydroxylation is 1. The average molecular weight is 327 g/mol. The molecule has 1 unspecified atom stereocenters. The van der Waals surface area contributed by atoms with E-state index in [4.69, 9.17) is 6.42 Å². The smallest absolute Gasteiger partial charge is 0.240 e. The molecule has 0 amide bonds. The molecule has 1 aromatic rings. The van der Waals surface area contributed by atoms with Gasteiger partial charge in [0.2, 0.25) is 6.33 Å². The third-order valence-electron chi connectivity index (χ3n) is 2.46. The van der Waals surface area contributed by atoms with Crippen molar-refractivity contribution in [2.45, 2.75) is 13.0 Å². The van der Waals surface area contributed by atoms with Crippen LogP contribution in [0.1, 0.15) is 13.0 Å². The fourth-order valence-corrected chi connectivity index (χ4v) is 1.36. The summed E-state index contributed by atoms with van der Waals surface area (Å²) in [5, 5.41) is 0. The van der Waals surface area contributed by atoms with Crippen LogP contribution in [0.25, 0.3) is 0 Å². The molecule has 0 N–H and O–H groups in total. The maximum Gasteiger partial charge on any atom is 0.244 e. The fraction of sp³-hybridized carbons (Fsp3) is 0.125. The average Bonchev–Trinajstić information content (AvgIpc) is 3.07. The van der Waals surface area contributed by atoms with Crippen LogP contribution in [0.5, 0.6) is 0 Å². The van der Waals surface area contributed by atoms with Crippen molar-refractivity contribution in [3.63, 3.8) is 0 Å². The van der Waals surface area contributed by atoms with Crippen molar-refractivity contribution in [3.8, 4) is 107 Å². The lowest BCUT2D eigenvalue weighted by Gasteiger charge is -1.95. The van der Waals surface area contributed by atoms with Gasteiger partial charge >= 0.3 is 0 Å². The largest absolute Gasteiger partial charge is 0.244 e. The lowest BCUT2D eigenvalue weighted by atomic mass is 10.3. The van der Waals surface area contributed by atoms with E-state index in [0.29, 0.717) is 0 Å². The summed E-state index contributed by atoms with van der Waals surface area (Å²) in [4.78, 5) is 0. The highest BCUT2D eigenvalue weighted by Crippen LogP contribution is 2.00. The molecule has 1 rings (SSSR count). The van der Waals surface area contributed by atoms with E-state index in [1.165, 1.54) is 0 Å². The number of aromatic nitrogens is 2. The minimum absolute atomic E-state index is 0.0451. The van der Waals surface area contributed by atoms with E-state index in [9.17, 15) is 0 Å². The molecular formula is C24H11N2+. The maximum absolute atomic E-state index is 4.92. The predicted octanol–water partition coefficient (Wildman–Crippen LogP) is 0.534. The van der Waals surface area contributed by atoms with Crippen molar-refractivity contribution in [3.05, 3.63) is 18.7 Å². The van der Waals surface area contributed by atoms with Gasteiger partial charge in [-0.15, -0.1) is 6.42 Å². The van der Waals surface area contributed by atoms with E-state index >= 15 is 0 Å². The Morgan fingerprint density at radius 3 is 1.54 bits per heavy atom. The van der Waals surface area contributed by atoms with Crippen LogP contribution in [0.4, 0.5) is 0 Å². The van der Waals surface area contributed by atoms with Gasteiger partial charge in [0.15, 0.2) is 6.04 Å². The topological polar surface area (TPSA) is 8.81 Å². The molecule has 0 spiro atoms. The van der Waals surface area contributed by atoms with Gasteiger partial charge in [-0.05, 0) is 108 Å². The summed E-state index contributed by atoms with van der Waals surface area (Å²) in [6, 6.07) is 0.0451. The highest BCUT2D eigenvalue weighted by Gasteiger charge is 2.05. The summed E-state index contributed by atoms with van der Waals surface area (Å²) in [5.41, 5.74) is 0. The Balaban J connectivity index is 2.47. The monoisotopic (exact) mass is 327 g/mol. The van der Waals surface area contributed by atoms with Gasteiger partial charge in [0.05, 0.1) is 7.05 Å². The normalized spacial score (nSPS) is 7.27. The minimum atomic E-state index is 0.0451. The van der Waals surface area contributed by atoms with Crippen molar-refractivity contribution < 1.29 is 4.57 Å². The van der Waals surface area contributed by atoms with Crippen molar-refractivity contribution in [1.29, 1.82) is 0 Å². The molecule has 2 nitrogen and oxygen atoms in total. The van der Waals surface area contributed by atoms with Crippen LogP contribution in [0, 0.1) is 107 Å². The van der Waals surface area contributed by atoms with Crippen LogP contribution in [0.3, 0.4) is 0 Å². The molecule has 0 aliphatic rings. The van der Waals surface area contributed by atoms with Crippen molar-refractivity contribution in [1.82, 2.24) is 4.57 Å². The second kappa shape index (κ2) is 12.8. The maximum atomic E-state index is 4.92. The summed E-state index contributed by atoms with van der Waals surface area (Å²) in [5.74, 6) is 43.1. The molecule has 0 bridgehead atoms. The Morgan fingerprint density at radius 2 is 1.15 bits per heavy atom. The van der Waals surface area contributed by atoms with E-state index < -0.39 is 0 Å². The first kappa shape index (κ1) is 19.3. The third kappa shape index (κ3) is 9.30. The van der Waals surface area contributed by atoms with Crippen molar-refractivity contribution >= 4 is 0 Å². The molecule has 0 radical (unpaired) electrons. The zero-order chi connectivity index (χ0) is 18.9. The van der Waals surface area contributed by atoms with E-state index in [0.717, 1.165) is 0 Å². The molecule has 0 saturated heterocycles. The second-order valence-electron chi connectivity index (χ2n) is 4.37. The number of hydrogen-bond donors (Lipinski definition) is 0. The zero-order valence-corrected chi connectivity index (χ0v) is 14.3. The summed E-state index contributed by atoms with van der Waals surface area (Å²) >= 11 is 0. The van der Waals surface area contributed by atoms with Gasteiger partial charge in [0, 0.05) is 0 Å². The Kier molecular flexibility index (Phi) is 9.47. The number of imidazole rings is 1. The van der Waals surface area contributed by atoms with Crippen molar-refractivity contribution in [2.75, 3.05) is 0 Å². The van der Waals surface area contributed by atoms with Crippen LogP contribution in [0.2, 0.25) is 0 Å². The van der Waals surface area contributed by atoms with Gasteiger partial charge in [0.25, 0.3) is 0 Å². The Labute approximate surface area is 155 Å². The lowest BCUT2D eigenvalue weighted by Crippen LogP contribution is -2.24. The third-order valence-corrected chi connectivity index (χ3v) is 2.46. The van der Waals surface area contributed by atoms with E-state index in [-0.39, 0.29) is 6.04 Å². The molecule has 0 aromatic carbocycles. The van der Waals surface area contributed by atoms with E-state index in [1.54, 1.807) is 0 Å². The summed E-state index contributed by atoms with van der Waals surface area (Å²) < 4.78 is 3.94. The summed E-state index contributed by atoms with van der Waals surface area (Å²) in [6.07, 6.45) is 10.8. The number of hydrogen-bond acceptors (Lipinski definition) is 0. The minimum Gasteiger partial charge on any atom is -0.240 e.